The summed E-state index contributed by atoms with van der Waals surface area (Å²) in [7, 11) is 3.74. The number of aryl methyl sites for hydroxylation is 2. The lowest BCUT2D eigenvalue weighted by Crippen LogP contribution is -2.32. The zero-order chi connectivity index (χ0) is 8.27. The van der Waals surface area contributed by atoms with E-state index in [-0.39, 0.29) is 0 Å². The third kappa shape index (κ3) is 1.60. The van der Waals surface area contributed by atoms with Crippen molar-refractivity contribution in [1.29, 1.82) is 0 Å². The van der Waals surface area contributed by atoms with Gasteiger partial charge in [0.05, 0.1) is 13.6 Å². The molecule has 0 aromatic carbocycles. The Morgan fingerprint density at radius 2 is 2.36 bits per heavy atom. The topological polar surface area (TPSA) is 18.0 Å². The molecule has 0 atom stereocenters. The lowest BCUT2D eigenvalue weighted by atomic mass is 10.6. The zero-order valence-electron chi connectivity index (χ0n) is 7.37. The Morgan fingerprint density at radius 1 is 1.64 bits per heavy atom. The predicted molar refractivity (Wildman–Crippen MR) is 42.0 cm³/mol. The van der Waals surface area contributed by atoms with Crippen LogP contribution in [0.3, 0.4) is 0 Å². The van der Waals surface area contributed by atoms with E-state index >= 15 is 0 Å². The van der Waals surface area contributed by atoms with E-state index in [2.05, 4.69) is 22.3 Å². The summed E-state index contributed by atoms with van der Waals surface area (Å²) in [4.78, 5) is 0. The van der Waals surface area contributed by atoms with Gasteiger partial charge in [0.15, 0.2) is 0 Å². The average molecular weight is 155 g/mol. The van der Waals surface area contributed by atoms with Crippen molar-refractivity contribution in [2.75, 3.05) is 7.11 Å². The standard InChI is InChI=1S/C8H15N2O/c1-4-10-6-5-9(2)8(10)7-11-3/h5-6H,4,7H2,1-3H3/q+1. The highest BCUT2D eigenvalue weighted by molar-refractivity contribution is 4.80. The SMILES string of the molecule is CCn1cc[n+](C)c1COC. The molecule has 0 radical (unpaired) electrons. The van der Waals surface area contributed by atoms with Crippen LogP contribution in [0.2, 0.25) is 0 Å². The molecule has 0 unspecified atom stereocenters. The van der Waals surface area contributed by atoms with Crippen LogP contribution in [-0.4, -0.2) is 11.7 Å². The van der Waals surface area contributed by atoms with E-state index in [1.807, 2.05) is 13.2 Å². The van der Waals surface area contributed by atoms with Crippen LogP contribution in [0.25, 0.3) is 0 Å². The van der Waals surface area contributed by atoms with Crippen molar-refractivity contribution in [3.05, 3.63) is 18.2 Å². The highest BCUT2D eigenvalue weighted by Gasteiger charge is 2.11. The van der Waals surface area contributed by atoms with Crippen LogP contribution in [-0.2, 0) is 24.9 Å². The molecule has 0 saturated heterocycles. The number of ether oxygens (including phenoxy) is 1. The quantitative estimate of drug-likeness (QED) is 0.581. The number of rotatable bonds is 3. The van der Waals surface area contributed by atoms with Crippen LogP contribution < -0.4 is 4.57 Å². The van der Waals surface area contributed by atoms with Gasteiger partial charge in [-0.3, -0.25) is 0 Å². The molecule has 1 rings (SSSR count). The monoisotopic (exact) mass is 155 g/mol. The molecule has 3 heteroatoms. The first-order valence-electron chi connectivity index (χ1n) is 3.82. The van der Waals surface area contributed by atoms with E-state index in [9.17, 15) is 0 Å². The van der Waals surface area contributed by atoms with Crippen LogP contribution in [0.4, 0.5) is 0 Å². The fraction of sp³-hybridized carbons (Fsp3) is 0.625. The van der Waals surface area contributed by atoms with Gasteiger partial charge in [-0.25, -0.2) is 9.13 Å². The van der Waals surface area contributed by atoms with Gasteiger partial charge in [0.1, 0.15) is 19.0 Å². The normalized spacial score (nSPS) is 10.5. The van der Waals surface area contributed by atoms with Gasteiger partial charge < -0.3 is 4.74 Å². The molecule has 0 N–H and O–H groups in total. The fourth-order valence-electron chi connectivity index (χ4n) is 1.16. The van der Waals surface area contributed by atoms with Gasteiger partial charge in [0.25, 0.3) is 5.82 Å². The average Bonchev–Trinajstić information content (AvgIpc) is 2.34. The number of hydrogen-bond acceptors (Lipinski definition) is 1. The molecule has 0 spiro atoms. The maximum Gasteiger partial charge on any atom is 0.282 e. The number of nitrogens with zero attached hydrogens (tertiary/aromatic N) is 2. The lowest BCUT2D eigenvalue weighted by Gasteiger charge is -1.97. The van der Waals surface area contributed by atoms with Crippen LogP contribution >= 0.6 is 0 Å². The minimum absolute atomic E-state index is 0.678. The molecular formula is C8H15N2O+. The Labute approximate surface area is 67.2 Å². The lowest BCUT2D eigenvalue weighted by molar-refractivity contribution is -0.680. The summed E-state index contributed by atoms with van der Waals surface area (Å²) in [5, 5.41) is 0. The van der Waals surface area contributed by atoms with Gasteiger partial charge in [0, 0.05) is 7.11 Å². The molecule has 62 valence electrons. The summed E-state index contributed by atoms with van der Waals surface area (Å²) in [5.41, 5.74) is 0. The highest BCUT2D eigenvalue weighted by atomic mass is 16.5. The molecular weight excluding hydrogens is 140 g/mol. The Hall–Kier alpha value is -0.830. The molecule has 0 aliphatic rings. The third-order valence-electron chi connectivity index (χ3n) is 1.82. The summed E-state index contributed by atoms with van der Waals surface area (Å²) < 4.78 is 9.31. The Balaban J connectivity index is 2.88. The summed E-state index contributed by atoms with van der Waals surface area (Å²) in [6.07, 6.45) is 4.10. The van der Waals surface area contributed by atoms with Crippen LogP contribution in [0.1, 0.15) is 12.7 Å². The van der Waals surface area contributed by atoms with Crippen molar-refractivity contribution in [3.63, 3.8) is 0 Å². The van der Waals surface area contributed by atoms with Crippen molar-refractivity contribution >= 4 is 0 Å². The molecule has 3 nitrogen and oxygen atoms in total. The van der Waals surface area contributed by atoms with Crippen LogP contribution in [0.5, 0.6) is 0 Å². The maximum atomic E-state index is 5.07. The second-order valence-electron chi connectivity index (χ2n) is 2.54. The summed E-state index contributed by atoms with van der Waals surface area (Å²) in [6, 6.07) is 0. The maximum absolute atomic E-state index is 5.07. The summed E-state index contributed by atoms with van der Waals surface area (Å²) in [6.45, 7) is 3.80. The number of hydrogen-bond donors (Lipinski definition) is 0. The van der Waals surface area contributed by atoms with Gasteiger partial charge in [-0.15, -0.1) is 0 Å². The van der Waals surface area contributed by atoms with Gasteiger partial charge >= 0.3 is 0 Å². The zero-order valence-corrected chi connectivity index (χ0v) is 7.37. The van der Waals surface area contributed by atoms with Crippen LogP contribution in [0.15, 0.2) is 12.4 Å². The Bertz CT molecular complexity index is 230. The first-order valence-corrected chi connectivity index (χ1v) is 3.82. The summed E-state index contributed by atoms with van der Waals surface area (Å²) >= 11 is 0. The molecule has 0 fully saturated rings. The minimum Gasteiger partial charge on any atom is -0.372 e. The largest absolute Gasteiger partial charge is 0.372 e. The molecule has 1 aromatic heterocycles. The van der Waals surface area contributed by atoms with Crippen molar-refractivity contribution in [3.8, 4) is 0 Å². The summed E-state index contributed by atoms with van der Waals surface area (Å²) in [5.74, 6) is 1.20. The molecule has 0 aliphatic carbocycles. The van der Waals surface area contributed by atoms with Gasteiger partial charge in [-0.05, 0) is 6.92 Å². The number of methoxy groups -OCH3 is 1. The molecule has 0 aliphatic heterocycles. The highest BCUT2D eigenvalue weighted by Crippen LogP contribution is 1.95. The Kier molecular flexibility index (Phi) is 2.65. The Morgan fingerprint density at radius 3 is 2.91 bits per heavy atom. The molecule has 0 amide bonds. The van der Waals surface area contributed by atoms with Crippen LogP contribution in [0, 0.1) is 0 Å². The van der Waals surface area contributed by atoms with E-state index in [4.69, 9.17) is 4.74 Å². The third-order valence-corrected chi connectivity index (χ3v) is 1.82. The second kappa shape index (κ2) is 3.53. The van der Waals surface area contributed by atoms with E-state index < -0.39 is 0 Å². The molecule has 0 bridgehead atoms. The molecule has 1 heterocycles. The molecule has 1 aromatic rings. The van der Waals surface area contributed by atoms with Gasteiger partial charge in [0.2, 0.25) is 0 Å². The smallest absolute Gasteiger partial charge is 0.282 e. The van der Waals surface area contributed by atoms with E-state index in [0.717, 1.165) is 6.54 Å². The molecule has 0 saturated carbocycles. The predicted octanol–water partition coefficient (Wildman–Crippen LogP) is 0.479. The van der Waals surface area contributed by atoms with Crippen molar-refractivity contribution in [2.45, 2.75) is 20.1 Å². The van der Waals surface area contributed by atoms with Gasteiger partial charge in [-0.1, -0.05) is 0 Å². The van der Waals surface area contributed by atoms with Crippen molar-refractivity contribution in [1.82, 2.24) is 4.57 Å². The fourth-order valence-corrected chi connectivity index (χ4v) is 1.16. The first kappa shape index (κ1) is 8.27. The first-order chi connectivity index (χ1) is 5.29. The number of aromatic nitrogens is 2. The second-order valence-corrected chi connectivity index (χ2v) is 2.54. The van der Waals surface area contributed by atoms with E-state index in [1.165, 1.54) is 5.82 Å². The minimum atomic E-state index is 0.678. The van der Waals surface area contributed by atoms with Crippen molar-refractivity contribution in [2.24, 2.45) is 7.05 Å². The van der Waals surface area contributed by atoms with E-state index in [0.29, 0.717) is 6.61 Å². The number of imidazole rings is 1. The van der Waals surface area contributed by atoms with E-state index in [1.54, 1.807) is 7.11 Å². The van der Waals surface area contributed by atoms with Gasteiger partial charge in [-0.2, -0.15) is 0 Å². The molecule has 11 heavy (non-hydrogen) atoms. The van der Waals surface area contributed by atoms with Crippen molar-refractivity contribution < 1.29 is 9.30 Å².